The average molecular weight is 499 g/mol. The predicted molar refractivity (Wildman–Crippen MR) is 119 cm³/mol. The molecule has 0 spiro atoms. The number of sulfonamides is 1. The Hall–Kier alpha value is -1.81. The minimum Gasteiger partial charge on any atom is -0.496 e. The second kappa shape index (κ2) is 9.55. The number of aryl methyl sites for hydroxylation is 1. The lowest BCUT2D eigenvalue weighted by molar-refractivity contribution is 0.181. The van der Waals surface area contributed by atoms with Crippen molar-refractivity contribution in [2.75, 3.05) is 47.5 Å². The van der Waals surface area contributed by atoms with Gasteiger partial charge in [0.15, 0.2) is 11.5 Å². The Labute approximate surface area is 186 Å². The molecule has 7 nitrogen and oxygen atoms in total. The van der Waals surface area contributed by atoms with Crippen LogP contribution in [0.5, 0.6) is 17.2 Å². The average Bonchev–Trinajstić information content (AvgIpc) is 2.75. The lowest BCUT2D eigenvalue weighted by atomic mass is 10.1. The molecule has 0 unspecified atom stereocenters. The summed E-state index contributed by atoms with van der Waals surface area (Å²) in [6, 6.07) is 8.79. The number of hydrogen-bond acceptors (Lipinski definition) is 6. The monoisotopic (exact) mass is 498 g/mol. The van der Waals surface area contributed by atoms with Gasteiger partial charge in [-0.1, -0.05) is 0 Å². The Balaban J connectivity index is 1.68. The normalized spacial score (nSPS) is 15.8. The highest BCUT2D eigenvalue weighted by Gasteiger charge is 2.29. The molecule has 1 fully saturated rings. The Morgan fingerprint density at radius 3 is 2.07 bits per heavy atom. The molecule has 1 saturated heterocycles. The van der Waals surface area contributed by atoms with E-state index in [4.69, 9.17) is 14.2 Å². The van der Waals surface area contributed by atoms with E-state index in [-0.39, 0.29) is 4.90 Å². The van der Waals surface area contributed by atoms with Gasteiger partial charge in [0.1, 0.15) is 5.75 Å². The zero-order chi connectivity index (χ0) is 21.9. The van der Waals surface area contributed by atoms with Crippen molar-refractivity contribution < 1.29 is 22.6 Å². The van der Waals surface area contributed by atoms with Crippen molar-refractivity contribution in [3.63, 3.8) is 0 Å². The van der Waals surface area contributed by atoms with Gasteiger partial charge in [-0.05, 0) is 64.3 Å². The molecule has 3 rings (SSSR count). The minimum absolute atomic E-state index is 0.263. The van der Waals surface area contributed by atoms with Crippen LogP contribution in [-0.4, -0.2) is 65.1 Å². The second-order valence-electron chi connectivity index (χ2n) is 7.11. The molecular weight excluding hydrogens is 472 g/mol. The number of rotatable bonds is 7. The molecule has 0 bridgehead atoms. The molecular formula is C21H27BrN2O5S. The highest BCUT2D eigenvalue weighted by atomic mass is 79.9. The van der Waals surface area contributed by atoms with Gasteiger partial charge in [0.25, 0.3) is 0 Å². The van der Waals surface area contributed by atoms with Crippen LogP contribution in [0.4, 0.5) is 0 Å². The maximum Gasteiger partial charge on any atom is 0.243 e. The van der Waals surface area contributed by atoms with Gasteiger partial charge in [-0.15, -0.1) is 0 Å². The second-order valence-corrected chi connectivity index (χ2v) is 9.90. The third-order valence-electron chi connectivity index (χ3n) is 5.33. The van der Waals surface area contributed by atoms with Gasteiger partial charge in [-0.2, -0.15) is 4.31 Å². The Bertz CT molecular complexity index is 1000. The molecule has 30 heavy (non-hydrogen) atoms. The minimum atomic E-state index is -3.55. The van der Waals surface area contributed by atoms with Crippen LogP contribution < -0.4 is 14.2 Å². The number of halogens is 1. The van der Waals surface area contributed by atoms with Gasteiger partial charge >= 0.3 is 0 Å². The zero-order valence-electron chi connectivity index (χ0n) is 17.6. The van der Waals surface area contributed by atoms with E-state index in [9.17, 15) is 8.42 Å². The third-order valence-corrected chi connectivity index (χ3v) is 7.84. The molecule has 1 aliphatic heterocycles. The van der Waals surface area contributed by atoms with Crippen LogP contribution in [0.15, 0.2) is 39.7 Å². The first-order valence-corrected chi connectivity index (χ1v) is 11.8. The number of benzene rings is 2. The number of hydrogen-bond donors (Lipinski definition) is 0. The van der Waals surface area contributed by atoms with E-state index >= 15 is 0 Å². The molecule has 0 N–H and O–H groups in total. The lowest BCUT2D eigenvalue weighted by Crippen LogP contribution is -2.48. The summed E-state index contributed by atoms with van der Waals surface area (Å²) in [6.07, 6.45) is 0. The number of ether oxygens (including phenoxy) is 3. The maximum atomic E-state index is 13.0. The van der Waals surface area contributed by atoms with E-state index in [2.05, 4.69) is 20.8 Å². The summed E-state index contributed by atoms with van der Waals surface area (Å²) in [5, 5.41) is 0. The van der Waals surface area contributed by atoms with Crippen LogP contribution in [0.25, 0.3) is 0 Å². The molecule has 0 amide bonds. The van der Waals surface area contributed by atoms with E-state index in [1.165, 1.54) is 0 Å². The smallest absolute Gasteiger partial charge is 0.243 e. The standard InChI is InChI=1S/C21H27BrN2O5S/c1-15-11-20(28-3)21(29-4)12-16(15)14-23-7-9-24(10-8-23)30(25,26)17-5-6-19(27-2)18(22)13-17/h5-6,11-13H,7-10,14H2,1-4H3. The highest BCUT2D eigenvalue weighted by molar-refractivity contribution is 9.10. The summed E-state index contributed by atoms with van der Waals surface area (Å²) >= 11 is 3.36. The molecule has 0 atom stereocenters. The SMILES string of the molecule is COc1ccc(S(=O)(=O)N2CCN(Cc3cc(OC)c(OC)cc3C)CC2)cc1Br. The highest BCUT2D eigenvalue weighted by Crippen LogP contribution is 2.32. The van der Waals surface area contributed by atoms with Crippen molar-refractivity contribution in [2.45, 2.75) is 18.4 Å². The van der Waals surface area contributed by atoms with Crippen molar-refractivity contribution >= 4 is 26.0 Å². The van der Waals surface area contributed by atoms with Gasteiger partial charge in [0.2, 0.25) is 10.0 Å². The van der Waals surface area contributed by atoms with Crippen LogP contribution in [-0.2, 0) is 16.6 Å². The van der Waals surface area contributed by atoms with E-state index in [1.54, 1.807) is 43.8 Å². The van der Waals surface area contributed by atoms with Crippen molar-refractivity contribution in [2.24, 2.45) is 0 Å². The lowest BCUT2D eigenvalue weighted by Gasteiger charge is -2.34. The first-order valence-electron chi connectivity index (χ1n) is 9.57. The molecule has 0 saturated carbocycles. The summed E-state index contributed by atoms with van der Waals surface area (Å²) in [7, 11) is 1.25. The number of nitrogens with zero attached hydrogens (tertiary/aromatic N) is 2. The fraction of sp³-hybridized carbons (Fsp3) is 0.429. The van der Waals surface area contributed by atoms with E-state index in [0.29, 0.717) is 47.9 Å². The summed E-state index contributed by atoms with van der Waals surface area (Å²) in [6.45, 7) is 4.97. The van der Waals surface area contributed by atoms with Crippen LogP contribution >= 0.6 is 15.9 Å². The van der Waals surface area contributed by atoms with Crippen LogP contribution in [0.3, 0.4) is 0 Å². The van der Waals surface area contributed by atoms with Gasteiger partial charge in [0.05, 0.1) is 30.7 Å². The fourth-order valence-corrected chi connectivity index (χ4v) is 5.66. The first kappa shape index (κ1) is 22.9. The molecule has 2 aromatic carbocycles. The molecule has 0 radical (unpaired) electrons. The largest absolute Gasteiger partial charge is 0.496 e. The van der Waals surface area contributed by atoms with E-state index < -0.39 is 10.0 Å². The molecule has 164 valence electrons. The predicted octanol–water partition coefficient (Wildman–Crippen LogP) is 3.29. The van der Waals surface area contributed by atoms with Crippen molar-refractivity contribution in [3.8, 4) is 17.2 Å². The maximum absolute atomic E-state index is 13.0. The van der Waals surface area contributed by atoms with Gasteiger partial charge in [0, 0.05) is 32.7 Å². The molecule has 0 aliphatic carbocycles. The fourth-order valence-electron chi connectivity index (χ4n) is 3.52. The Morgan fingerprint density at radius 2 is 1.50 bits per heavy atom. The van der Waals surface area contributed by atoms with Crippen molar-refractivity contribution in [1.29, 1.82) is 0 Å². The topological polar surface area (TPSA) is 68.3 Å². The van der Waals surface area contributed by atoms with Crippen molar-refractivity contribution in [1.82, 2.24) is 9.21 Å². The van der Waals surface area contributed by atoms with Crippen LogP contribution in [0.1, 0.15) is 11.1 Å². The molecule has 9 heteroatoms. The zero-order valence-corrected chi connectivity index (χ0v) is 20.0. The van der Waals surface area contributed by atoms with Gasteiger partial charge in [-0.3, -0.25) is 4.90 Å². The van der Waals surface area contributed by atoms with Gasteiger partial charge < -0.3 is 14.2 Å². The first-order chi connectivity index (χ1) is 14.3. The van der Waals surface area contributed by atoms with Crippen LogP contribution in [0.2, 0.25) is 0 Å². The summed E-state index contributed by atoms with van der Waals surface area (Å²) in [5.41, 5.74) is 2.26. The number of piperazine rings is 1. The van der Waals surface area contributed by atoms with E-state index in [1.807, 2.05) is 19.1 Å². The molecule has 1 aliphatic rings. The summed E-state index contributed by atoms with van der Waals surface area (Å²) < 4.78 is 44.2. The number of methoxy groups -OCH3 is 3. The quantitative estimate of drug-likeness (QED) is 0.583. The molecule has 1 heterocycles. The Kier molecular flexibility index (Phi) is 7.28. The van der Waals surface area contributed by atoms with Crippen molar-refractivity contribution in [3.05, 3.63) is 45.9 Å². The molecule has 2 aromatic rings. The van der Waals surface area contributed by atoms with E-state index in [0.717, 1.165) is 17.7 Å². The molecule has 0 aromatic heterocycles. The Morgan fingerprint density at radius 1 is 0.900 bits per heavy atom. The van der Waals surface area contributed by atoms with Crippen LogP contribution in [0, 0.1) is 6.92 Å². The van der Waals surface area contributed by atoms with Gasteiger partial charge in [-0.25, -0.2) is 8.42 Å². The summed E-state index contributed by atoms with van der Waals surface area (Å²) in [4.78, 5) is 2.52. The summed E-state index contributed by atoms with van der Waals surface area (Å²) in [5.74, 6) is 2.01. The third kappa shape index (κ3) is 4.74.